The molecule has 32 heavy (non-hydrogen) atoms. The minimum absolute atomic E-state index is 0.00886. The lowest BCUT2D eigenvalue weighted by Gasteiger charge is -2.32. The van der Waals surface area contributed by atoms with E-state index in [9.17, 15) is 23.9 Å². The minimum Gasteiger partial charge on any atom is -0.505 e. The monoisotopic (exact) mass is 460 g/mol. The Balaban J connectivity index is 2.02. The van der Waals surface area contributed by atoms with Gasteiger partial charge in [0.2, 0.25) is 0 Å². The predicted molar refractivity (Wildman–Crippen MR) is 118 cm³/mol. The molecular formula is C22H22ClFN4O4. The van der Waals surface area contributed by atoms with Gasteiger partial charge >= 0.3 is 0 Å². The van der Waals surface area contributed by atoms with Crippen molar-refractivity contribution in [2.24, 2.45) is 0 Å². The van der Waals surface area contributed by atoms with Crippen molar-refractivity contribution in [1.82, 2.24) is 19.4 Å². The van der Waals surface area contributed by atoms with Gasteiger partial charge in [-0.25, -0.2) is 4.39 Å². The molecule has 0 fully saturated rings. The first-order chi connectivity index (χ1) is 15.2. The summed E-state index contributed by atoms with van der Waals surface area (Å²) in [5.41, 5.74) is 0.306. The highest BCUT2D eigenvalue weighted by atomic mass is 35.5. The van der Waals surface area contributed by atoms with Crippen molar-refractivity contribution in [1.29, 1.82) is 0 Å². The van der Waals surface area contributed by atoms with E-state index in [0.29, 0.717) is 18.7 Å². The summed E-state index contributed by atoms with van der Waals surface area (Å²) in [7, 11) is 1.46. The quantitative estimate of drug-likeness (QED) is 0.625. The number of aromatic hydroxyl groups is 1. The lowest BCUT2D eigenvalue weighted by atomic mass is 10.1. The predicted octanol–water partition coefficient (Wildman–Crippen LogP) is 2.75. The maximum atomic E-state index is 13.5. The second-order valence-electron chi connectivity index (χ2n) is 7.79. The Morgan fingerprint density at radius 3 is 2.69 bits per heavy atom. The maximum Gasteiger partial charge on any atom is 0.274 e. The highest BCUT2D eigenvalue weighted by Gasteiger charge is 2.36. The highest BCUT2D eigenvalue weighted by Crippen LogP contribution is 2.38. The summed E-state index contributed by atoms with van der Waals surface area (Å²) in [6.07, 6.45) is 1.39. The number of amides is 2. The largest absolute Gasteiger partial charge is 0.505 e. The molecule has 1 unspecified atom stereocenters. The number of carbonyl (C=O) groups excluding carboxylic acids is 2. The molecule has 3 aromatic rings. The Kier molecular flexibility index (Phi) is 5.46. The molecule has 3 heterocycles. The van der Waals surface area contributed by atoms with Crippen LogP contribution in [0.2, 0.25) is 5.02 Å². The van der Waals surface area contributed by atoms with E-state index >= 15 is 0 Å². The highest BCUT2D eigenvalue weighted by molar-refractivity contribution is 6.30. The minimum atomic E-state index is -0.588. The van der Waals surface area contributed by atoms with Gasteiger partial charge < -0.3 is 24.5 Å². The number of hydrogen-bond acceptors (Lipinski definition) is 4. The molecule has 1 aliphatic rings. The molecule has 0 radical (unpaired) electrons. The molecule has 0 saturated heterocycles. The molecule has 8 nitrogen and oxygen atoms in total. The first-order valence-corrected chi connectivity index (χ1v) is 10.5. The number of pyridine rings is 1. The number of rotatable bonds is 4. The van der Waals surface area contributed by atoms with Crippen molar-refractivity contribution >= 4 is 34.3 Å². The first kappa shape index (κ1) is 21.9. The molecule has 1 aliphatic heterocycles. The lowest BCUT2D eigenvalue weighted by Crippen LogP contribution is -2.42. The van der Waals surface area contributed by atoms with Gasteiger partial charge in [-0.15, -0.1) is 0 Å². The van der Waals surface area contributed by atoms with E-state index < -0.39 is 28.9 Å². The lowest BCUT2D eigenvalue weighted by molar-refractivity contribution is 0.0685. The van der Waals surface area contributed by atoms with Crippen molar-refractivity contribution in [3.8, 4) is 5.75 Å². The van der Waals surface area contributed by atoms with Gasteiger partial charge in [0, 0.05) is 32.4 Å². The second kappa shape index (κ2) is 7.98. The van der Waals surface area contributed by atoms with Crippen LogP contribution < -0.4 is 10.9 Å². The van der Waals surface area contributed by atoms with Crippen LogP contribution in [0.3, 0.4) is 0 Å². The van der Waals surface area contributed by atoms with Crippen molar-refractivity contribution in [3.05, 3.63) is 62.4 Å². The van der Waals surface area contributed by atoms with Crippen LogP contribution in [0, 0.1) is 5.82 Å². The van der Waals surface area contributed by atoms with Gasteiger partial charge in [-0.05, 0) is 31.5 Å². The number of fused-ring (bicyclic) bond motifs is 3. The fourth-order valence-corrected chi connectivity index (χ4v) is 4.47. The van der Waals surface area contributed by atoms with Gasteiger partial charge in [-0.1, -0.05) is 17.7 Å². The topological polar surface area (TPSA) is 96.6 Å². The Morgan fingerprint density at radius 2 is 2.06 bits per heavy atom. The Bertz CT molecular complexity index is 1330. The van der Waals surface area contributed by atoms with Crippen molar-refractivity contribution in [3.63, 3.8) is 0 Å². The van der Waals surface area contributed by atoms with Crippen LogP contribution in [-0.2, 0) is 6.54 Å². The third kappa shape index (κ3) is 3.24. The number of nitrogens with one attached hydrogen (secondary N) is 1. The summed E-state index contributed by atoms with van der Waals surface area (Å²) in [6, 6.07) is 3.80. The van der Waals surface area contributed by atoms with E-state index in [1.807, 2.05) is 13.8 Å². The summed E-state index contributed by atoms with van der Waals surface area (Å²) < 4.78 is 16.4. The van der Waals surface area contributed by atoms with Gasteiger partial charge in [0.05, 0.1) is 22.6 Å². The molecule has 0 spiro atoms. The summed E-state index contributed by atoms with van der Waals surface area (Å²) in [5.74, 6) is -1.91. The van der Waals surface area contributed by atoms with Crippen LogP contribution in [0.4, 0.5) is 4.39 Å². The third-order valence-electron chi connectivity index (χ3n) is 5.80. The van der Waals surface area contributed by atoms with E-state index in [1.165, 1.54) is 36.0 Å². The molecule has 2 aromatic heterocycles. The van der Waals surface area contributed by atoms with E-state index in [-0.39, 0.29) is 39.8 Å². The second-order valence-corrected chi connectivity index (χ2v) is 8.19. The van der Waals surface area contributed by atoms with E-state index in [1.54, 1.807) is 9.47 Å². The molecule has 168 valence electrons. The molecule has 0 aliphatic carbocycles. The summed E-state index contributed by atoms with van der Waals surface area (Å²) in [5, 5.41) is 13.3. The van der Waals surface area contributed by atoms with Crippen LogP contribution >= 0.6 is 11.6 Å². The molecular weight excluding hydrogens is 439 g/mol. The average molecular weight is 461 g/mol. The number of hydrogen-bond donors (Lipinski definition) is 2. The van der Waals surface area contributed by atoms with Gasteiger partial charge in [0.1, 0.15) is 11.2 Å². The molecule has 0 bridgehead atoms. The Morgan fingerprint density at radius 1 is 1.34 bits per heavy atom. The van der Waals surface area contributed by atoms with E-state index in [0.717, 1.165) is 0 Å². The van der Waals surface area contributed by atoms with Crippen molar-refractivity contribution in [2.75, 3.05) is 20.1 Å². The number of nitrogens with zero attached hydrogens (tertiary/aromatic N) is 3. The van der Waals surface area contributed by atoms with E-state index in [2.05, 4.69) is 5.32 Å². The van der Waals surface area contributed by atoms with Gasteiger partial charge in [-0.2, -0.15) is 0 Å². The first-order valence-electron chi connectivity index (χ1n) is 10.1. The maximum absolute atomic E-state index is 13.5. The fraction of sp³-hybridized carbons (Fsp3) is 0.318. The number of carbonyl (C=O) groups is 2. The zero-order valence-electron chi connectivity index (χ0n) is 17.8. The molecule has 2 amide bonds. The standard InChI is InChI=1S/C22H22ClFN4O4/c1-4-26-8-11(2)28-17-13(20(30)25-3)10-27(9-12-5-6-15(24)14(23)7-12)21(31)16(17)19(29)18(28)22(26)32/h5-7,10-11,29H,4,8-9H2,1-3H3,(H,25,30). The van der Waals surface area contributed by atoms with Gasteiger partial charge in [0.25, 0.3) is 17.4 Å². The van der Waals surface area contributed by atoms with E-state index in [4.69, 9.17) is 11.6 Å². The molecule has 4 rings (SSSR count). The normalized spacial score (nSPS) is 15.8. The molecule has 2 N–H and O–H groups in total. The third-order valence-corrected chi connectivity index (χ3v) is 6.09. The summed E-state index contributed by atoms with van der Waals surface area (Å²) in [4.78, 5) is 40.7. The van der Waals surface area contributed by atoms with Gasteiger partial charge in [0.15, 0.2) is 11.4 Å². The number of likely N-dealkylation sites (N-methyl/N-ethyl adjacent to an activating group) is 1. The molecule has 1 atom stereocenters. The zero-order valence-corrected chi connectivity index (χ0v) is 18.5. The van der Waals surface area contributed by atoms with Crippen molar-refractivity contribution in [2.45, 2.75) is 26.4 Å². The van der Waals surface area contributed by atoms with Crippen LogP contribution in [0.5, 0.6) is 5.75 Å². The number of benzene rings is 1. The van der Waals surface area contributed by atoms with Crippen LogP contribution in [0.15, 0.2) is 29.2 Å². The smallest absolute Gasteiger partial charge is 0.274 e. The van der Waals surface area contributed by atoms with Gasteiger partial charge in [-0.3, -0.25) is 14.4 Å². The van der Waals surface area contributed by atoms with Crippen LogP contribution in [0.1, 0.15) is 46.3 Å². The average Bonchev–Trinajstić information content (AvgIpc) is 3.08. The summed E-state index contributed by atoms with van der Waals surface area (Å²) >= 11 is 5.86. The molecule has 0 saturated carbocycles. The SMILES string of the molecule is CCN1CC(C)n2c(c(O)c3c(=O)n(Cc4ccc(F)c(Cl)c4)cc(C(=O)NC)c32)C1=O. The van der Waals surface area contributed by atoms with Crippen LogP contribution in [-0.4, -0.2) is 51.1 Å². The Labute approximate surface area is 187 Å². The number of aromatic nitrogens is 2. The molecule has 10 heteroatoms. The van der Waals surface area contributed by atoms with Crippen molar-refractivity contribution < 1.29 is 19.1 Å². The fourth-order valence-electron chi connectivity index (χ4n) is 4.27. The molecule has 1 aromatic carbocycles. The number of halogens is 2. The Hall–Kier alpha value is -3.33. The summed E-state index contributed by atoms with van der Waals surface area (Å²) in [6.45, 7) is 4.51. The van der Waals surface area contributed by atoms with Crippen LogP contribution in [0.25, 0.3) is 10.9 Å². The zero-order chi connectivity index (χ0) is 23.3.